The van der Waals surface area contributed by atoms with Crippen LogP contribution in [0.5, 0.6) is 0 Å². The number of ether oxygens (including phenoxy) is 1. The van der Waals surface area contributed by atoms with E-state index in [-0.39, 0.29) is 17.1 Å². The lowest BCUT2D eigenvalue weighted by atomic mass is 9.68. The molecular weight excluding hydrogens is 429 g/mol. The van der Waals surface area contributed by atoms with E-state index in [0.717, 1.165) is 26.9 Å². The second kappa shape index (κ2) is 6.59. The van der Waals surface area contributed by atoms with Gasteiger partial charge in [-0.2, -0.15) is 0 Å². The second-order valence-electron chi connectivity index (χ2n) is 7.48. The summed E-state index contributed by atoms with van der Waals surface area (Å²) in [5.41, 5.74) is 3.81. The average Bonchev–Trinajstić information content (AvgIpc) is 2.51. The molecule has 132 valence electrons. The zero-order valence-electron chi connectivity index (χ0n) is 14.9. The number of Topliss-reactive ketones (excluding diaryl/α,β-unsaturated/α-hetero) is 1. The van der Waals surface area contributed by atoms with Crippen molar-refractivity contribution in [3.05, 3.63) is 55.9 Å². The summed E-state index contributed by atoms with van der Waals surface area (Å²) in [7, 11) is 1.38. The van der Waals surface area contributed by atoms with Crippen molar-refractivity contribution in [1.82, 2.24) is 5.32 Å². The summed E-state index contributed by atoms with van der Waals surface area (Å²) in [5.74, 6) is -0.656. The Morgan fingerprint density at radius 2 is 2.04 bits per heavy atom. The van der Waals surface area contributed by atoms with Gasteiger partial charge in [0.15, 0.2) is 5.78 Å². The first-order chi connectivity index (χ1) is 11.7. The normalized spacial score (nSPS) is 22.4. The molecular formula is C20H22INO3. The zero-order chi connectivity index (χ0) is 18.4. The van der Waals surface area contributed by atoms with Crippen molar-refractivity contribution in [1.29, 1.82) is 0 Å². The SMILES string of the molecule is COC(=O)C1=C(C)NC2=C(C(=O)CC(C)(C)C2)[C@H]1c1cccc(I)c1. The Morgan fingerprint density at radius 3 is 2.68 bits per heavy atom. The fraction of sp³-hybridized carbons (Fsp3) is 0.400. The van der Waals surface area contributed by atoms with Crippen LogP contribution >= 0.6 is 22.6 Å². The summed E-state index contributed by atoms with van der Waals surface area (Å²) in [6.07, 6.45) is 1.28. The van der Waals surface area contributed by atoms with Gasteiger partial charge in [0.05, 0.1) is 12.7 Å². The van der Waals surface area contributed by atoms with Crippen LogP contribution in [-0.4, -0.2) is 18.9 Å². The summed E-state index contributed by atoms with van der Waals surface area (Å²) in [5, 5.41) is 3.32. The van der Waals surface area contributed by atoms with Gasteiger partial charge in [-0.05, 0) is 59.0 Å². The second-order valence-corrected chi connectivity index (χ2v) is 8.72. The van der Waals surface area contributed by atoms with Gasteiger partial charge in [-0.15, -0.1) is 0 Å². The Kier molecular flexibility index (Phi) is 4.79. The predicted molar refractivity (Wildman–Crippen MR) is 105 cm³/mol. The van der Waals surface area contributed by atoms with E-state index in [4.69, 9.17) is 4.74 Å². The molecule has 0 amide bonds. The number of ketones is 1. The summed E-state index contributed by atoms with van der Waals surface area (Å²) < 4.78 is 6.10. The maximum atomic E-state index is 13.0. The summed E-state index contributed by atoms with van der Waals surface area (Å²) in [6.45, 7) is 6.08. The molecule has 2 aliphatic rings. The quantitative estimate of drug-likeness (QED) is 0.544. The Morgan fingerprint density at radius 1 is 1.32 bits per heavy atom. The van der Waals surface area contributed by atoms with E-state index < -0.39 is 5.97 Å². The van der Waals surface area contributed by atoms with Crippen LogP contribution < -0.4 is 5.32 Å². The molecule has 1 heterocycles. The van der Waals surface area contributed by atoms with Crippen LogP contribution in [0.15, 0.2) is 46.8 Å². The lowest BCUT2D eigenvalue weighted by Gasteiger charge is -2.39. The minimum absolute atomic E-state index is 0.0817. The molecule has 0 bridgehead atoms. The van der Waals surface area contributed by atoms with Gasteiger partial charge in [0.25, 0.3) is 0 Å². The minimum atomic E-state index is -0.391. The Labute approximate surface area is 161 Å². The number of carbonyl (C=O) groups excluding carboxylic acids is 2. The highest BCUT2D eigenvalue weighted by atomic mass is 127. The zero-order valence-corrected chi connectivity index (χ0v) is 17.1. The Bertz CT molecular complexity index is 820. The number of dihydropyridines is 1. The maximum Gasteiger partial charge on any atom is 0.336 e. The molecule has 25 heavy (non-hydrogen) atoms. The van der Waals surface area contributed by atoms with E-state index in [1.165, 1.54) is 7.11 Å². The van der Waals surface area contributed by atoms with E-state index in [1.807, 2.05) is 31.2 Å². The third-order valence-corrected chi connectivity index (χ3v) is 5.50. The molecule has 0 fully saturated rings. The van der Waals surface area contributed by atoms with Gasteiger partial charge in [0, 0.05) is 32.9 Å². The smallest absolute Gasteiger partial charge is 0.336 e. The fourth-order valence-electron chi connectivity index (χ4n) is 3.84. The molecule has 0 radical (unpaired) electrons. The fourth-order valence-corrected chi connectivity index (χ4v) is 4.40. The van der Waals surface area contributed by atoms with Crippen molar-refractivity contribution in [3.8, 4) is 0 Å². The summed E-state index contributed by atoms with van der Waals surface area (Å²) in [4.78, 5) is 25.5. The van der Waals surface area contributed by atoms with E-state index >= 15 is 0 Å². The molecule has 3 rings (SSSR count). The Balaban J connectivity index is 2.21. The number of allylic oxidation sites excluding steroid dienone is 3. The van der Waals surface area contributed by atoms with Crippen LogP contribution in [0.1, 0.15) is 45.1 Å². The van der Waals surface area contributed by atoms with Gasteiger partial charge in [-0.1, -0.05) is 26.0 Å². The highest BCUT2D eigenvalue weighted by Crippen LogP contribution is 2.46. The van der Waals surface area contributed by atoms with Crippen molar-refractivity contribution in [2.45, 2.75) is 39.5 Å². The Hall–Kier alpha value is -1.63. The van der Waals surface area contributed by atoms with Crippen LogP contribution in [0.3, 0.4) is 0 Å². The molecule has 0 spiro atoms. The molecule has 1 aromatic rings. The summed E-state index contributed by atoms with van der Waals surface area (Å²) in [6, 6.07) is 7.97. The molecule has 1 aliphatic heterocycles. The molecule has 0 unspecified atom stereocenters. The third kappa shape index (κ3) is 3.38. The largest absolute Gasteiger partial charge is 0.466 e. The molecule has 1 atom stereocenters. The van der Waals surface area contributed by atoms with E-state index in [1.54, 1.807) is 0 Å². The van der Waals surface area contributed by atoms with Gasteiger partial charge >= 0.3 is 5.97 Å². The predicted octanol–water partition coefficient (Wildman–Crippen LogP) is 4.07. The number of methoxy groups -OCH3 is 1. The van der Waals surface area contributed by atoms with E-state index in [2.05, 4.69) is 41.8 Å². The molecule has 0 aromatic heterocycles. The number of hydrogen-bond donors (Lipinski definition) is 1. The van der Waals surface area contributed by atoms with Gasteiger partial charge in [-0.25, -0.2) is 4.79 Å². The molecule has 1 aromatic carbocycles. The van der Waals surface area contributed by atoms with Gasteiger partial charge in [0.1, 0.15) is 0 Å². The van der Waals surface area contributed by atoms with Gasteiger partial charge < -0.3 is 10.1 Å². The highest BCUT2D eigenvalue weighted by molar-refractivity contribution is 14.1. The van der Waals surface area contributed by atoms with Gasteiger partial charge in [-0.3, -0.25) is 4.79 Å². The minimum Gasteiger partial charge on any atom is -0.466 e. The first-order valence-corrected chi connectivity index (χ1v) is 9.39. The number of nitrogens with one attached hydrogen (secondary N) is 1. The van der Waals surface area contributed by atoms with Crippen LogP contribution in [0.2, 0.25) is 0 Å². The lowest BCUT2D eigenvalue weighted by Crippen LogP contribution is -2.38. The molecule has 1 N–H and O–H groups in total. The number of rotatable bonds is 2. The third-order valence-electron chi connectivity index (χ3n) is 4.83. The van der Waals surface area contributed by atoms with Crippen LogP contribution in [0, 0.1) is 8.99 Å². The first-order valence-electron chi connectivity index (χ1n) is 8.31. The average molecular weight is 451 g/mol. The topological polar surface area (TPSA) is 55.4 Å². The van der Waals surface area contributed by atoms with E-state index in [9.17, 15) is 9.59 Å². The number of esters is 1. The van der Waals surface area contributed by atoms with E-state index in [0.29, 0.717) is 17.6 Å². The van der Waals surface area contributed by atoms with Crippen molar-refractivity contribution in [3.63, 3.8) is 0 Å². The van der Waals surface area contributed by atoms with Crippen LogP contribution in [0.25, 0.3) is 0 Å². The molecule has 5 heteroatoms. The van der Waals surface area contributed by atoms with Gasteiger partial charge in [0.2, 0.25) is 0 Å². The standard InChI is InChI=1S/C20H22INO3/c1-11-16(19(24)25-4)17(12-6-5-7-13(21)8-12)18-14(22-11)9-20(2,3)10-15(18)23/h5-8,17,22H,9-10H2,1-4H3/t17-/m0/s1. The highest BCUT2D eigenvalue weighted by Gasteiger charge is 2.42. The number of hydrogen-bond acceptors (Lipinski definition) is 4. The number of benzene rings is 1. The van der Waals surface area contributed by atoms with Crippen molar-refractivity contribution in [2.75, 3.05) is 7.11 Å². The first kappa shape index (κ1) is 18.2. The molecule has 1 aliphatic carbocycles. The van der Waals surface area contributed by atoms with Crippen LogP contribution in [-0.2, 0) is 14.3 Å². The molecule has 0 saturated carbocycles. The molecule has 0 saturated heterocycles. The van der Waals surface area contributed by atoms with Crippen molar-refractivity contribution in [2.24, 2.45) is 5.41 Å². The van der Waals surface area contributed by atoms with Crippen molar-refractivity contribution < 1.29 is 14.3 Å². The maximum absolute atomic E-state index is 13.0. The van der Waals surface area contributed by atoms with Crippen molar-refractivity contribution >= 4 is 34.3 Å². The summed E-state index contributed by atoms with van der Waals surface area (Å²) >= 11 is 2.25. The van der Waals surface area contributed by atoms with Crippen LogP contribution in [0.4, 0.5) is 0 Å². The monoisotopic (exact) mass is 451 g/mol. The lowest BCUT2D eigenvalue weighted by molar-refractivity contribution is -0.136. The number of carbonyl (C=O) groups is 2. The molecule has 4 nitrogen and oxygen atoms in total. The number of halogens is 1.